The van der Waals surface area contributed by atoms with Gasteiger partial charge in [0.05, 0.1) is 0 Å². The summed E-state index contributed by atoms with van der Waals surface area (Å²) in [5.74, 6) is 6.28. The third kappa shape index (κ3) is 4.12. The Morgan fingerprint density at radius 1 is 1.00 bits per heavy atom. The number of hydrogen-bond donors (Lipinski definition) is 2. The van der Waals surface area contributed by atoms with Gasteiger partial charge >= 0.3 is 0 Å². The van der Waals surface area contributed by atoms with Gasteiger partial charge in [-0.2, -0.15) is 0 Å². The highest BCUT2D eigenvalue weighted by atomic mass is 32.2. The quantitative estimate of drug-likeness (QED) is 0.206. The molecule has 5 aromatic rings. The number of Topliss-reactive ketones (excluding diaryl/α,β-unsaturated/α-hetero) is 1. The summed E-state index contributed by atoms with van der Waals surface area (Å²) in [4.78, 5) is 16.9. The molecule has 0 radical (unpaired) electrons. The monoisotopic (exact) mass is 457 g/mol. The van der Waals surface area contributed by atoms with Crippen LogP contribution in [0.2, 0.25) is 0 Å². The molecular formula is C25H20FN5OS. The Hall–Kier alpha value is -3.91. The molecule has 0 fully saturated rings. The van der Waals surface area contributed by atoms with E-state index in [2.05, 4.69) is 15.2 Å². The van der Waals surface area contributed by atoms with E-state index in [-0.39, 0.29) is 18.0 Å². The lowest BCUT2D eigenvalue weighted by molar-refractivity contribution is 0.0991. The largest absolute Gasteiger partial charge is 0.360 e. The second-order valence-electron chi connectivity index (χ2n) is 7.56. The molecule has 0 aliphatic rings. The SMILES string of the molecule is Nn1c(Cc2ccccc2F)nnc1S[C@H](C(=O)c1c[nH]c2ccccc12)c1ccccc1. The number of fused-ring (bicyclic) bond motifs is 1. The van der Waals surface area contributed by atoms with E-state index in [1.54, 1.807) is 24.4 Å². The summed E-state index contributed by atoms with van der Waals surface area (Å²) in [6.07, 6.45) is 1.93. The zero-order chi connectivity index (χ0) is 22.8. The van der Waals surface area contributed by atoms with Crippen LogP contribution < -0.4 is 5.84 Å². The van der Waals surface area contributed by atoms with Gasteiger partial charge in [0.15, 0.2) is 11.6 Å². The summed E-state index contributed by atoms with van der Waals surface area (Å²) < 4.78 is 15.4. The number of para-hydroxylation sites is 1. The summed E-state index contributed by atoms with van der Waals surface area (Å²) in [7, 11) is 0. The number of benzene rings is 3. The first-order valence-electron chi connectivity index (χ1n) is 10.4. The topological polar surface area (TPSA) is 89.6 Å². The van der Waals surface area contributed by atoms with Gasteiger partial charge in [-0.3, -0.25) is 4.79 Å². The van der Waals surface area contributed by atoms with Gasteiger partial charge in [0.1, 0.15) is 11.1 Å². The minimum absolute atomic E-state index is 0.0673. The molecule has 8 heteroatoms. The molecule has 3 aromatic carbocycles. The number of nitrogens with two attached hydrogens (primary N) is 1. The number of thioether (sulfide) groups is 1. The first-order chi connectivity index (χ1) is 16.1. The first-order valence-corrected chi connectivity index (χ1v) is 11.2. The number of H-pyrrole nitrogens is 1. The molecule has 33 heavy (non-hydrogen) atoms. The van der Waals surface area contributed by atoms with Crippen LogP contribution in [0.3, 0.4) is 0 Å². The number of rotatable bonds is 7. The van der Waals surface area contributed by atoms with Gasteiger partial charge in [0.2, 0.25) is 5.16 Å². The summed E-state index contributed by atoms with van der Waals surface area (Å²) in [5, 5.41) is 9.01. The van der Waals surface area contributed by atoms with Gasteiger partial charge in [0, 0.05) is 29.1 Å². The number of carbonyl (C=O) groups excluding carboxylic acids is 1. The Kier molecular flexibility index (Phi) is 5.66. The van der Waals surface area contributed by atoms with Gasteiger partial charge in [-0.15, -0.1) is 10.2 Å². The minimum Gasteiger partial charge on any atom is -0.360 e. The molecule has 0 bridgehead atoms. The molecule has 1 atom stereocenters. The molecule has 2 heterocycles. The van der Waals surface area contributed by atoms with E-state index < -0.39 is 5.25 Å². The van der Waals surface area contributed by atoms with Crippen molar-refractivity contribution in [2.45, 2.75) is 16.8 Å². The van der Waals surface area contributed by atoms with Crippen LogP contribution in [0, 0.1) is 5.82 Å². The lowest BCUT2D eigenvalue weighted by atomic mass is 10.0. The second-order valence-corrected chi connectivity index (χ2v) is 8.63. The number of nitrogens with zero attached hydrogens (tertiary/aromatic N) is 3. The van der Waals surface area contributed by atoms with E-state index in [0.717, 1.165) is 16.5 Å². The number of nitrogens with one attached hydrogen (secondary N) is 1. The summed E-state index contributed by atoms with van der Waals surface area (Å²) >= 11 is 1.23. The Labute approximate surface area is 193 Å². The van der Waals surface area contributed by atoms with Crippen LogP contribution >= 0.6 is 11.8 Å². The van der Waals surface area contributed by atoms with E-state index >= 15 is 0 Å². The highest BCUT2D eigenvalue weighted by Crippen LogP contribution is 2.38. The fourth-order valence-corrected chi connectivity index (χ4v) is 4.79. The fourth-order valence-electron chi connectivity index (χ4n) is 3.74. The molecule has 0 unspecified atom stereocenters. The van der Waals surface area contributed by atoms with Gasteiger partial charge < -0.3 is 10.8 Å². The molecule has 0 aliphatic carbocycles. The minimum atomic E-state index is -0.585. The number of aromatic amines is 1. The van der Waals surface area contributed by atoms with E-state index in [9.17, 15) is 9.18 Å². The van der Waals surface area contributed by atoms with Crippen LogP contribution in [0.4, 0.5) is 4.39 Å². The maximum absolute atomic E-state index is 14.1. The highest BCUT2D eigenvalue weighted by Gasteiger charge is 2.28. The second kappa shape index (κ2) is 8.91. The molecule has 0 amide bonds. The van der Waals surface area contributed by atoms with Gasteiger partial charge in [-0.05, 0) is 23.3 Å². The molecule has 164 valence electrons. The Balaban J connectivity index is 1.48. The van der Waals surface area contributed by atoms with Crippen LogP contribution in [0.15, 0.2) is 90.2 Å². The molecule has 0 saturated heterocycles. The molecule has 6 nitrogen and oxygen atoms in total. The van der Waals surface area contributed by atoms with Crippen molar-refractivity contribution in [1.82, 2.24) is 19.9 Å². The van der Waals surface area contributed by atoms with Crippen molar-refractivity contribution in [3.05, 3.63) is 113 Å². The van der Waals surface area contributed by atoms with Crippen molar-refractivity contribution >= 4 is 28.4 Å². The molecule has 5 rings (SSSR count). The predicted molar refractivity (Wildman–Crippen MR) is 127 cm³/mol. The first kappa shape index (κ1) is 21.0. The lowest BCUT2D eigenvalue weighted by Gasteiger charge is -2.15. The van der Waals surface area contributed by atoms with Crippen molar-refractivity contribution in [2.75, 3.05) is 5.84 Å². The van der Waals surface area contributed by atoms with Crippen LogP contribution in [0.1, 0.15) is 32.6 Å². The normalized spacial score (nSPS) is 12.2. The lowest BCUT2D eigenvalue weighted by Crippen LogP contribution is -2.17. The van der Waals surface area contributed by atoms with Crippen LogP contribution in [0.25, 0.3) is 10.9 Å². The van der Waals surface area contributed by atoms with Gasteiger partial charge in [-0.1, -0.05) is 78.5 Å². The van der Waals surface area contributed by atoms with E-state index in [1.807, 2.05) is 54.6 Å². The molecule has 0 spiro atoms. The van der Waals surface area contributed by atoms with E-state index in [4.69, 9.17) is 5.84 Å². The molecule has 2 aromatic heterocycles. The van der Waals surface area contributed by atoms with E-state index in [1.165, 1.54) is 22.5 Å². The van der Waals surface area contributed by atoms with Crippen molar-refractivity contribution < 1.29 is 9.18 Å². The number of aromatic nitrogens is 4. The van der Waals surface area contributed by atoms with Gasteiger partial charge in [0.25, 0.3) is 0 Å². The Morgan fingerprint density at radius 2 is 1.73 bits per heavy atom. The average molecular weight is 458 g/mol. The number of halogens is 1. The Morgan fingerprint density at radius 3 is 2.55 bits per heavy atom. The third-order valence-electron chi connectivity index (χ3n) is 5.46. The summed E-state index contributed by atoms with van der Waals surface area (Å²) in [6.45, 7) is 0. The Bertz CT molecular complexity index is 1430. The maximum Gasteiger partial charge on any atom is 0.210 e. The average Bonchev–Trinajstić information content (AvgIpc) is 3.43. The molecular weight excluding hydrogens is 437 g/mol. The number of ketones is 1. The van der Waals surface area contributed by atoms with Crippen molar-refractivity contribution in [3.8, 4) is 0 Å². The summed E-state index contributed by atoms with van der Waals surface area (Å²) in [6, 6.07) is 23.6. The zero-order valence-electron chi connectivity index (χ0n) is 17.5. The molecule has 0 aliphatic heterocycles. The maximum atomic E-state index is 14.1. The van der Waals surface area contributed by atoms with Crippen molar-refractivity contribution in [3.63, 3.8) is 0 Å². The summed E-state index contributed by atoms with van der Waals surface area (Å²) in [5.41, 5.74) is 2.80. The van der Waals surface area contributed by atoms with Crippen molar-refractivity contribution in [2.24, 2.45) is 0 Å². The number of carbonyl (C=O) groups is 1. The zero-order valence-corrected chi connectivity index (χ0v) is 18.3. The van der Waals surface area contributed by atoms with Gasteiger partial charge in [-0.25, -0.2) is 9.07 Å². The van der Waals surface area contributed by atoms with Crippen LogP contribution in [-0.4, -0.2) is 25.6 Å². The fraction of sp³-hybridized carbons (Fsp3) is 0.0800. The van der Waals surface area contributed by atoms with Crippen LogP contribution in [-0.2, 0) is 6.42 Å². The van der Waals surface area contributed by atoms with E-state index in [0.29, 0.717) is 22.1 Å². The highest BCUT2D eigenvalue weighted by molar-refractivity contribution is 8.00. The number of nitrogen functional groups attached to an aromatic ring is 1. The number of hydrogen-bond acceptors (Lipinski definition) is 5. The smallest absolute Gasteiger partial charge is 0.210 e. The standard InChI is InChI=1S/C25H20FN5OS/c26-20-12-6-4-10-17(20)14-22-29-30-25(31(22)27)33-24(16-8-2-1-3-9-16)23(32)19-15-28-21-13-7-5-11-18(19)21/h1-13,15,24,28H,14,27H2/t24-/m0/s1. The van der Waals surface area contributed by atoms with Crippen LogP contribution in [0.5, 0.6) is 0 Å². The molecule has 3 N–H and O–H groups in total. The predicted octanol–water partition coefficient (Wildman–Crippen LogP) is 4.92. The molecule has 0 saturated carbocycles. The third-order valence-corrected chi connectivity index (χ3v) is 6.67. The van der Waals surface area contributed by atoms with Crippen molar-refractivity contribution in [1.29, 1.82) is 0 Å².